The van der Waals surface area contributed by atoms with Crippen molar-refractivity contribution in [2.24, 2.45) is 0 Å². The van der Waals surface area contributed by atoms with Crippen LogP contribution in [0.15, 0.2) is 42.5 Å². The van der Waals surface area contributed by atoms with Crippen LogP contribution in [0.1, 0.15) is 5.56 Å². The van der Waals surface area contributed by atoms with Gasteiger partial charge in [-0.15, -0.1) is 11.3 Å². The fourth-order valence-corrected chi connectivity index (χ4v) is 3.00. The molecule has 0 spiro atoms. The van der Waals surface area contributed by atoms with Crippen LogP contribution in [-0.2, 0) is 6.61 Å². The first-order chi connectivity index (χ1) is 9.31. The van der Waals surface area contributed by atoms with Gasteiger partial charge in [-0.3, -0.25) is 0 Å². The summed E-state index contributed by atoms with van der Waals surface area (Å²) in [5.41, 5.74) is 2.77. The first-order valence-corrected chi connectivity index (χ1v) is 6.77. The summed E-state index contributed by atoms with van der Waals surface area (Å²) < 4.78 is 6.34. The topological polar surface area (TPSA) is 42.4 Å². The highest BCUT2D eigenvalue weighted by molar-refractivity contribution is 7.21. The molecule has 1 heterocycles. The molecule has 0 unspecified atom stereocenters. The number of hydrogen-bond donors (Lipinski definition) is 1. The molecule has 0 saturated heterocycles. The molecule has 19 heavy (non-hydrogen) atoms. The molecule has 1 aromatic heterocycles. The fraction of sp³-hybridized carbons (Fsp3) is 0.133. The van der Waals surface area contributed by atoms with Crippen LogP contribution in [0.4, 0.5) is 0 Å². The lowest BCUT2D eigenvalue weighted by molar-refractivity contribution is 0.274. The Bertz CT molecular complexity index is 666. The van der Waals surface area contributed by atoms with Gasteiger partial charge in [-0.25, -0.2) is 4.98 Å². The molecule has 2 aromatic carbocycles. The van der Waals surface area contributed by atoms with Gasteiger partial charge in [0, 0.05) is 11.1 Å². The number of aromatic nitrogens is 1. The molecule has 96 valence electrons. The molecular weight excluding hydrogens is 258 g/mol. The molecule has 3 rings (SSSR count). The van der Waals surface area contributed by atoms with E-state index in [0.717, 1.165) is 26.4 Å². The van der Waals surface area contributed by atoms with Crippen molar-refractivity contribution in [1.82, 2.24) is 4.98 Å². The number of ether oxygens (including phenoxy) is 1. The molecule has 0 bridgehead atoms. The smallest absolute Gasteiger partial charge is 0.125 e. The largest absolute Gasteiger partial charge is 0.496 e. The van der Waals surface area contributed by atoms with Gasteiger partial charge in [0.25, 0.3) is 0 Å². The second-order valence-corrected chi connectivity index (χ2v) is 5.21. The number of fused-ring (bicyclic) bond motifs is 1. The Kier molecular flexibility index (Phi) is 3.19. The van der Waals surface area contributed by atoms with Crippen LogP contribution < -0.4 is 4.74 Å². The van der Waals surface area contributed by atoms with E-state index in [1.807, 2.05) is 42.5 Å². The highest BCUT2D eigenvalue weighted by Gasteiger charge is 2.10. The van der Waals surface area contributed by atoms with Crippen molar-refractivity contribution >= 4 is 21.6 Å². The predicted molar refractivity (Wildman–Crippen MR) is 77.5 cm³/mol. The van der Waals surface area contributed by atoms with Gasteiger partial charge in [-0.1, -0.05) is 30.3 Å². The van der Waals surface area contributed by atoms with Crippen LogP contribution in [0.25, 0.3) is 20.8 Å². The summed E-state index contributed by atoms with van der Waals surface area (Å²) in [5, 5.41) is 10.3. The Hall–Kier alpha value is -1.91. The van der Waals surface area contributed by atoms with Crippen molar-refractivity contribution in [3.63, 3.8) is 0 Å². The summed E-state index contributed by atoms with van der Waals surface area (Å²) in [5.74, 6) is 0.707. The number of benzene rings is 2. The molecule has 0 saturated carbocycles. The summed E-state index contributed by atoms with van der Waals surface area (Å²) in [7, 11) is 1.61. The molecule has 4 heteroatoms. The summed E-state index contributed by atoms with van der Waals surface area (Å²) in [6.45, 7) is -0.0443. The van der Waals surface area contributed by atoms with E-state index in [0.29, 0.717) is 5.75 Å². The number of hydrogen-bond acceptors (Lipinski definition) is 4. The van der Waals surface area contributed by atoms with Crippen LogP contribution in [-0.4, -0.2) is 17.2 Å². The van der Waals surface area contributed by atoms with Crippen molar-refractivity contribution in [3.05, 3.63) is 48.0 Å². The SMILES string of the molecule is COc1cc2sc(-c3ccccc3)nc2cc1CO. The Labute approximate surface area is 115 Å². The molecule has 1 N–H and O–H groups in total. The van der Waals surface area contributed by atoms with E-state index in [4.69, 9.17) is 4.74 Å². The lowest BCUT2D eigenvalue weighted by Crippen LogP contribution is -1.91. The van der Waals surface area contributed by atoms with Crippen LogP contribution in [0.5, 0.6) is 5.75 Å². The second-order valence-electron chi connectivity index (χ2n) is 4.17. The van der Waals surface area contributed by atoms with Gasteiger partial charge in [-0.05, 0) is 12.1 Å². The fourth-order valence-electron chi connectivity index (χ4n) is 2.02. The van der Waals surface area contributed by atoms with Crippen molar-refractivity contribution in [2.45, 2.75) is 6.61 Å². The molecule has 0 atom stereocenters. The molecular formula is C15H13NO2S. The van der Waals surface area contributed by atoms with Crippen molar-refractivity contribution in [3.8, 4) is 16.3 Å². The minimum Gasteiger partial charge on any atom is -0.496 e. The summed E-state index contributed by atoms with van der Waals surface area (Å²) in [6.07, 6.45) is 0. The summed E-state index contributed by atoms with van der Waals surface area (Å²) >= 11 is 1.63. The molecule has 3 nitrogen and oxygen atoms in total. The third-order valence-electron chi connectivity index (χ3n) is 2.98. The molecule has 0 radical (unpaired) electrons. The lowest BCUT2D eigenvalue weighted by atomic mass is 10.2. The maximum Gasteiger partial charge on any atom is 0.125 e. The zero-order chi connectivity index (χ0) is 13.2. The van der Waals surface area contributed by atoms with Crippen LogP contribution in [0.2, 0.25) is 0 Å². The van der Waals surface area contributed by atoms with Gasteiger partial charge in [0.2, 0.25) is 0 Å². The highest BCUT2D eigenvalue weighted by Crippen LogP contribution is 2.34. The molecule has 0 fully saturated rings. The quantitative estimate of drug-likeness (QED) is 0.793. The van der Waals surface area contributed by atoms with E-state index in [1.165, 1.54) is 0 Å². The predicted octanol–water partition coefficient (Wildman–Crippen LogP) is 3.46. The standard InChI is InChI=1S/C15H13NO2S/c1-18-13-8-14-12(7-11(13)9-17)16-15(19-14)10-5-3-2-4-6-10/h2-8,17H,9H2,1H3. The maximum absolute atomic E-state index is 9.33. The van der Waals surface area contributed by atoms with Gasteiger partial charge in [0.05, 0.1) is 23.9 Å². The van der Waals surface area contributed by atoms with E-state index in [1.54, 1.807) is 18.4 Å². The van der Waals surface area contributed by atoms with Crippen LogP contribution in [0, 0.1) is 0 Å². The van der Waals surface area contributed by atoms with Gasteiger partial charge in [0.15, 0.2) is 0 Å². The Balaban J connectivity index is 2.16. The van der Waals surface area contributed by atoms with E-state index >= 15 is 0 Å². The van der Waals surface area contributed by atoms with Gasteiger partial charge in [0.1, 0.15) is 10.8 Å². The van der Waals surface area contributed by atoms with E-state index in [9.17, 15) is 5.11 Å². The second kappa shape index (κ2) is 4.99. The van der Waals surface area contributed by atoms with Crippen molar-refractivity contribution < 1.29 is 9.84 Å². The third-order valence-corrected chi connectivity index (χ3v) is 4.05. The number of methoxy groups -OCH3 is 1. The minimum absolute atomic E-state index is 0.0443. The van der Waals surface area contributed by atoms with Crippen molar-refractivity contribution in [1.29, 1.82) is 0 Å². The molecule has 0 aliphatic rings. The monoisotopic (exact) mass is 271 g/mol. The zero-order valence-corrected chi connectivity index (χ0v) is 11.3. The van der Waals surface area contributed by atoms with Crippen LogP contribution >= 0.6 is 11.3 Å². The number of aliphatic hydroxyl groups excluding tert-OH is 1. The molecule has 0 amide bonds. The zero-order valence-electron chi connectivity index (χ0n) is 10.5. The number of nitrogens with zero attached hydrogens (tertiary/aromatic N) is 1. The molecule has 0 aliphatic carbocycles. The maximum atomic E-state index is 9.33. The van der Waals surface area contributed by atoms with Gasteiger partial charge < -0.3 is 9.84 Å². The first-order valence-electron chi connectivity index (χ1n) is 5.95. The summed E-state index contributed by atoms with van der Waals surface area (Å²) in [4.78, 5) is 4.62. The van der Waals surface area contributed by atoms with E-state index in [-0.39, 0.29) is 6.61 Å². The first kappa shape index (κ1) is 12.1. The van der Waals surface area contributed by atoms with Gasteiger partial charge in [-0.2, -0.15) is 0 Å². The number of rotatable bonds is 3. The van der Waals surface area contributed by atoms with E-state index in [2.05, 4.69) is 4.98 Å². The minimum atomic E-state index is -0.0443. The average molecular weight is 271 g/mol. The highest BCUT2D eigenvalue weighted by atomic mass is 32.1. The van der Waals surface area contributed by atoms with E-state index < -0.39 is 0 Å². The normalized spacial score (nSPS) is 10.8. The Morgan fingerprint density at radius 2 is 2.00 bits per heavy atom. The summed E-state index contributed by atoms with van der Waals surface area (Å²) in [6, 6.07) is 13.9. The third kappa shape index (κ3) is 2.20. The van der Waals surface area contributed by atoms with Crippen LogP contribution in [0.3, 0.4) is 0 Å². The average Bonchev–Trinajstić information content (AvgIpc) is 2.89. The Morgan fingerprint density at radius 3 is 2.68 bits per heavy atom. The number of aliphatic hydroxyl groups is 1. The molecule has 0 aliphatic heterocycles. The van der Waals surface area contributed by atoms with Gasteiger partial charge >= 0.3 is 0 Å². The Morgan fingerprint density at radius 1 is 1.21 bits per heavy atom. The lowest BCUT2D eigenvalue weighted by Gasteiger charge is -2.04. The molecule has 3 aromatic rings. The van der Waals surface area contributed by atoms with Crippen molar-refractivity contribution in [2.75, 3.05) is 7.11 Å². The number of thiazole rings is 1.